The van der Waals surface area contributed by atoms with Crippen molar-refractivity contribution >= 4 is 10.9 Å². The summed E-state index contributed by atoms with van der Waals surface area (Å²) in [5.41, 5.74) is 1.07. The number of aromatic nitrogens is 1. The lowest BCUT2D eigenvalue weighted by atomic mass is 10.2. The summed E-state index contributed by atoms with van der Waals surface area (Å²) in [5.74, 6) is 2.43. The average Bonchev–Trinajstić information content (AvgIpc) is 2.87. The molecule has 1 N–H and O–H groups in total. The Morgan fingerprint density at radius 2 is 1.56 bits per heavy atom. The van der Waals surface area contributed by atoms with Crippen LogP contribution in [0.5, 0.6) is 17.2 Å². The smallest absolute Gasteiger partial charge is 0.129 e. The monoisotopic (exact) mass is 239 g/mol. The summed E-state index contributed by atoms with van der Waals surface area (Å²) in [6.07, 6.45) is 1.92. The van der Waals surface area contributed by atoms with E-state index in [0.717, 1.165) is 22.8 Å². The number of ether oxygens (including phenoxy) is 2. The van der Waals surface area contributed by atoms with Crippen LogP contribution in [-0.4, -0.2) is 12.1 Å². The number of aromatic amines is 1. The average molecular weight is 239 g/mol. The molecule has 0 amide bonds. The molecule has 1 heterocycles. The molecule has 0 saturated heterocycles. The molecule has 0 aliphatic carbocycles. The molecule has 3 aromatic rings. The Hall–Kier alpha value is -2.42. The van der Waals surface area contributed by atoms with Crippen molar-refractivity contribution in [1.29, 1.82) is 0 Å². The third-order valence-electron chi connectivity index (χ3n) is 2.82. The maximum absolute atomic E-state index is 5.78. The molecule has 3 nitrogen and oxygen atoms in total. The lowest BCUT2D eigenvalue weighted by molar-refractivity contribution is 0.413. The maximum atomic E-state index is 5.78. The van der Waals surface area contributed by atoms with E-state index in [1.165, 1.54) is 5.39 Å². The predicted molar refractivity (Wildman–Crippen MR) is 71.4 cm³/mol. The molecule has 0 atom stereocenters. The number of hydrogen-bond acceptors (Lipinski definition) is 2. The first-order chi connectivity index (χ1) is 8.85. The minimum Gasteiger partial charge on any atom is -0.497 e. The van der Waals surface area contributed by atoms with Gasteiger partial charge in [0.15, 0.2) is 0 Å². The van der Waals surface area contributed by atoms with E-state index in [9.17, 15) is 0 Å². The first-order valence-electron chi connectivity index (χ1n) is 5.74. The molecule has 18 heavy (non-hydrogen) atoms. The van der Waals surface area contributed by atoms with Gasteiger partial charge in [0.05, 0.1) is 7.11 Å². The third kappa shape index (κ3) is 2.02. The van der Waals surface area contributed by atoms with Crippen LogP contribution in [0.3, 0.4) is 0 Å². The highest BCUT2D eigenvalue weighted by atomic mass is 16.5. The fourth-order valence-corrected chi connectivity index (χ4v) is 1.87. The summed E-state index contributed by atoms with van der Waals surface area (Å²) in [6, 6.07) is 15.5. The van der Waals surface area contributed by atoms with Gasteiger partial charge in [0.2, 0.25) is 0 Å². The van der Waals surface area contributed by atoms with Gasteiger partial charge < -0.3 is 14.5 Å². The van der Waals surface area contributed by atoms with Gasteiger partial charge in [-0.15, -0.1) is 0 Å². The van der Waals surface area contributed by atoms with Gasteiger partial charge in [0, 0.05) is 17.8 Å². The number of benzene rings is 2. The molecular formula is C15H13NO2. The molecule has 90 valence electrons. The van der Waals surface area contributed by atoms with Gasteiger partial charge in [-0.2, -0.15) is 0 Å². The van der Waals surface area contributed by atoms with Crippen LogP contribution < -0.4 is 9.47 Å². The second-order valence-corrected chi connectivity index (χ2v) is 4.00. The van der Waals surface area contributed by atoms with Gasteiger partial charge in [0.1, 0.15) is 17.2 Å². The Morgan fingerprint density at radius 3 is 2.33 bits per heavy atom. The molecule has 0 aliphatic rings. The third-order valence-corrected chi connectivity index (χ3v) is 2.82. The molecule has 0 unspecified atom stereocenters. The van der Waals surface area contributed by atoms with Crippen molar-refractivity contribution < 1.29 is 9.47 Å². The number of H-pyrrole nitrogens is 1. The normalized spacial score (nSPS) is 10.5. The quantitative estimate of drug-likeness (QED) is 0.750. The van der Waals surface area contributed by atoms with Crippen LogP contribution >= 0.6 is 0 Å². The Morgan fingerprint density at radius 1 is 0.833 bits per heavy atom. The van der Waals surface area contributed by atoms with E-state index >= 15 is 0 Å². The van der Waals surface area contributed by atoms with E-state index in [2.05, 4.69) is 4.98 Å². The molecule has 0 radical (unpaired) electrons. The van der Waals surface area contributed by atoms with Gasteiger partial charge in [-0.25, -0.2) is 0 Å². The topological polar surface area (TPSA) is 34.2 Å². The second kappa shape index (κ2) is 4.45. The van der Waals surface area contributed by atoms with Crippen molar-refractivity contribution in [2.45, 2.75) is 0 Å². The number of fused-ring (bicyclic) bond motifs is 1. The molecule has 0 saturated carbocycles. The molecular weight excluding hydrogens is 226 g/mol. The Labute approximate surface area is 105 Å². The largest absolute Gasteiger partial charge is 0.497 e. The minimum atomic E-state index is 0.793. The predicted octanol–water partition coefficient (Wildman–Crippen LogP) is 3.97. The molecule has 1 aromatic heterocycles. The number of methoxy groups -OCH3 is 1. The first kappa shape index (κ1) is 10.7. The fraction of sp³-hybridized carbons (Fsp3) is 0.0667. The second-order valence-electron chi connectivity index (χ2n) is 4.00. The van der Waals surface area contributed by atoms with Gasteiger partial charge in [0.25, 0.3) is 0 Å². The molecule has 0 spiro atoms. The van der Waals surface area contributed by atoms with Gasteiger partial charge in [-0.05, 0) is 47.9 Å². The van der Waals surface area contributed by atoms with Gasteiger partial charge in [-0.3, -0.25) is 0 Å². The lowest BCUT2D eigenvalue weighted by Gasteiger charge is -2.06. The van der Waals surface area contributed by atoms with Crippen LogP contribution in [0.4, 0.5) is 0 Å². The van der Waals surface area contributed by atoms with Crippen LogP contribution in [0.25, 0.3) is 10.9 Å². The van der Waals surface area contributed by atoms with Crippen LogP contribution in [0, 0.1) is 0 Å². The van der Waals surface area contributed by atoms with Gasteiger partial charge in [-0.1, -0.05) is 0 Å². The molecule has 2 aromatic carbocycles. The molecule has 0 fully saturated rings. The summed E-state index contributed by atoms with van der Waals surface area (Å²) in [5, 5.41) is 1.18. The van der Waals surface area contributed by atoms with Crippen molar-refractivity contribution in [3.8, 4) is 17.2 Å². The number of hydrogen-bond donors (Lipinski definition) is 1. The van der Waals surface area contributed by atoms with Crippen molar-refractivity contribution in [3.63, 3.8) is 0 Å². The van der Waals surface area contributed by atoms with Crippen LogP contribution in [0.2, 0.25) is 0 Å². The summed E-state index contributed by atoms with van der Waals surface area (Å²) in [4.78, 5) is 3.16. The summed E-state index contributed by atoms with van der Waals surface area (Å²) in [7, 11) is 1.65. The Bertz CT molecular complexity index is 656. The highest BCUT2D eigenvalue weighted by Crippen LogP contribution is 2.26. The van der Waals surface area contributed by atoms with E-state index in [0.29, 0.717) is 0 Å². The van der Waals surface area contributed by atoms with E-state index in [1.54, 1.807) is 7.11 Å². The fourth-order valence-electron chi connectivity index (χ4n) is 1.87. The Kier molecular flexibility index (Phi) is 2.65. The van der Waals surface area contributed by atoms with E-state index in [4.69, 9.17) is 9.47 Å². The Balaban J connectivity index is 1.85. The van der Waals surface area contributed by atoms with E-state index in [-0.39, 0.29) is 0 Å². The molecule has 3 rings (SSSR count). The standard InChI is InChI=1S/C15H13NO2/c1-17-12-4-6-13(7-5-12)18-14-3-2-11-8-9-16-15(11)10-14/h2-10,16H,1H3. The number of rotatable bonds is 3. The van der Waals surface area contributed by atoms with Crippen LogP contribution in [0.1, 0.15) is 0 Å². The van der Waals surface area contributed by atoms with Crippen LogP contribution in [-0.2, 0) is 0 Å². The van der Waals surface area contributed by atoms with Crippen molar-refractivity contribution in [3.05, 3.63) is 54.7 Å². The summed E-state index contributed by atoms with van der Waals surface area (Å²) in [6.45, 7) is 0. The lowest BCUT2D eigenvalue weighted by Crippen LogP contribution is -1.85. The van der Waals surface area contributed by atoms with E-state index in [1.807, 2.05) is 54.7 Å². The zero-order valence-electron chi connectivity index (χ0n) is 10.0. The minimum absolute atomic E-state index is 0.793. The highest BCUT2D eigenvalue weighted by molar-refractivity contribution is 5.80. The van der Waals surface area contributed by atoms with Crippen LogP contribution in [0.15, 0.2) is 54.7 Å². The molecule has 0 aliphatic heterocycles. The molecule has 3 heteroatoms. The van der Waals surface area contributed by atoms with Crippen molar-refractivity contribution in [1.82, 2.24) is 4.98 Å². The maximum Gasteiger partial charge on any atom is 0.129 e. The van der Waals surface area contributed by atoms with Crippen molar-refractivity contribution in [2.75, 3.05) is 7.11 Å². The molecule has 0 bridgehead atoms. The summed E-state index contributed by atoms with van der Waals surface area (Å²) >= 11 is 0. The SMILES string of the molecule is COc1ccc(Oc2ccc3cc[nH]c3c2)cc1. The first-order valence-corrected chi connectivity index (χ1v) is 5.74. The van der Waals surface area contributed by atoms with E-state index < -0.39 is 0 Å². The van der Waals surface area contributed by atoms with Gasteiger partial charge >= 0.3 is 0 Å². The highest BCUT2D eigenvalue weighted by Gasteiger charge is 2.00. The number of nitrogens with one attached hydrogen (secondary N) is 1. The summed E-state index contributed by atoms with van der Waals surface area (Å²) < 4.78 is 10.9. The zero-order chi connectivity index (χ0) is 12.4. The zero-order valence-corrected chi connectivity index (χ0v) is 10.0. The van der Waals surface area contributed by atoms with Crippen molar-refractivity contribution in [2.24, 2.45) is 0 Å².